The van der Waals surface area contributed by atoms with Crippen molar-refractivity contribution in [3.05, 3.63) is 0 Å². The van der Waals surface area contributed by atoms with Gasteiger partial charge in [0.05, 0.1) is 25.4 Å². The zero-order valence-electron chi connectivity index (χ0n) is 25.2. The second-order valence-electron chi connectivity index (χ2n) is 12.0. The molecule has 2 unspecified atom stereocenters. The maximum atomic E-state index is 5.22. The predicted octanol–water partition coefficient (Wildman–Crippen LogP) is 11.7. The molecule has 0 bridgehead atoms. The summed E-state index contributed by atoms with van der Waals surface area (Å²) in [6.45, 7) is 6.66. The molecule has 0 aliphatic carbocycles. The zero-order valence-corrected chi connectivity index (χ0v) is 25.2. The Morgan fingerprint density at radius 1 is 0.333 bits per heavy atom. The van der Waals surface area contributed by atoms with Gasteiger partial charge in [0, 0.05) is 0 Å². The monoisotopic (exact) mass is 509 g/mol. The summed E-state index contributed by atoms with van der Waals surface area (Å²) < 4.78 is 10.4. The van der Waals surface area contributed by atoms with E-state index in [1.165, 1.54) is 180 Å². The Labute approximate surface area is 228 Å². The lowest BCUT2D eigenvalue weighted by Gasteiger charge is -2.03. The average Bonchev–Trinajstić information content (AvgIpc) is 3.81. The molecule has 216 valence electrons. The number of ether oxygens (including phenoxy) is 2. The molecule has 2 aliphatic heterocycles. The highest BCUT2D eigenvalue weighted by atomic mass is 16.6. The molecule has 0 aromatic rings. The normalized spacial score (nSPS) is 18.2. The van der Waals surface area contributed by atoms with E-state index in [2.05, 4.69) is 13.8 Å². The average molecular weight is 509 g/mol. The summed E-state index contributed by atoms with van der Waals surface area (Å²) in [5.74, 6) is 0. The van der Waals surface area contributed by atoms with Crippen LogP contribution in [0.1, 0.15) is 194 Å². The highest BCUT2D eigenvalue weighted by Crippen LogP contribution is 2.19. The SMILES string of the molecule is CCCCCCCCCCCCCCC1CO1.CCCCCCCCCCCCCCCCC1CO1. The molecule has 0 amide bonds. The molecular formula is C34H68O2. The number of epoxide rings is 2. The lowest BCUT2D eigenvalue weighted by molar-refractivity contribution is 0.387. The van der Waals surface area contributed by atoms with Gasteiger partial charge >= 0.3 is 0 Å². The lowest BCUT2D eigenvalue weighted by atomic mass is 10.0. The first kappa shape index (κ1) is 33.9. The minimum atomic E-state index is 0.650. The summed E-state index contributed by atoms with van der Waals surface area (Å²) in [5, 5.41) is 0. The van der Waals surface area contributed by atoms with E-state index in [4.69, 9.17) is 9.47 Å². The van der Waals surface area contributed by atoms with Gasteiger partial charge in [0.15, 0.2) is 0 Å². The molecule has 2 rings (SSSR count). The van der Waals surface area contributed by atoms with E-state index in [1.54, 1.807) is 0 Å². The van der Waals surface area contributed by atoms with Crippen LogP contribution in [0.3, 0.4) is 0 Å². The van der Waals surface area contributed by atoms with Gasteiger partial charge in [-0.25, -0.2) is 0 Å². The summed E-state index contributed by atoms with van der Waals surface area (Å²) in [7, 11) is 0. The van der Waals surface area contributed by atoms with Crippen LogP contribution in [-0.4, -0.2) is 25.4 Å². The highest BCUT2D eigenvalue weighted by molar-refractivity contribution is 4.68. The standard InChI is InChI=1S/C18H36O.C16H32O/c1-2-3-4-5-6-7-8-9-10-11-12-13-14-15-16-18-17-19-18;1-2-3-4-5-6-7-8-9-10-11-12-13-14-16-15-17-16/h18H,2-17H2,1H3;16H,2-15H2,1H3. The van der Waals surface area contributed by atoms with E-state index in [0.29, 0.717) is 12.2 Å². The van der Waals surface area contributed by atoms with Crippen LogP contribution in [-0.2, 0) is 9.47 Å². The maximum absolute atomic E-state index is 5.22. The fraction of sp³-hybridized carbons (Fsp3) is 1.00. The quantitative estimate of drug-likeness (QED) is 0.0775. The van der Waals surface area contributed by atoms with Crippen molar-refractivity contribution in [2.45, 2.75) is 206 Å². The van der Waals surface area contributed by atoms with Gasteiger partial charge in [-0.1, -0.05) is 181 Å². The van der Waals surface area contributed by atoms with E-state index < -0.39 is 0 Å². The van der Waals surface area contributed by atoms with E-state index in [9.17, 15) is 0 Å². The van der Waals surface area contributed by atoms with Gasteiger partial charge < -0.3 is 9.47 Å². The van der Waals surface area contributed by atoms with Crippen molar-refractivity contribution < 1.29 is 9.47 Å². The summed E-state index contributed by atoms with van der Waals surface area (Å²) in [4.78, 5) is 0. The van der Waals surface area contributed by atoms with E-state index in [-0.39, 0.29) is 0 Å². The van der Waals surface area contributed by atoms with E-state index in [0.717, 1.165) is 13.2 Å². The van der Waals surface area contributed by atoms with Crippen LogP contribution >= 0.6 is 0 Å². The van der Waals surface area contributed by atoms with Crippen molar-refractivity contribution in [3.63, 3.8) is 0 Å². The maximum Gasteiger partial charge on any atom is 0.0810 e. The lowest BCUT2D eigenvalue weighted by Crippen LogP contribution is -1.86. The van der Waals surface area contributed by atoms with Gasteiger partial charge in [0.2, 0.25) is 0 Å². The van der Waals surface area contributed by atoms with Crippen LogP contribution in [0.2, 0.25) is 0 Å². The Kier molecular flexibility index (Phi) is 26.3. The van der Waals surface area contributed by atoms with E-state index in [1.807, 2.05) is 0 Å². The van der Waals surface area contributed by atoms with Gasteiger partial charge in [0.1, 0.15) is 0 Å². The molecule has 0 N–H and O–H groups in total. The minimum Gasteiger partial charge on any atom is -0.373 e. The first-order chi connectivity index (χ1) is 17.9. The number of rotatable bonds is 28. The molecule has 2 saturated heterocycles. The molecule has 2 heterocycles. The minimum absolute atomic E-state index is 0.650. The van der Waals surface area contributed by atoms with Crippen LogP contribution in [0.15, 0.2) is 0 Å². The van der Waals surface area contributed by atoms with E-state index >= 15 is 0 Å². The Hall–Kier alpha value is -0.0800. The van der Waals surface area contributed by atoms with Crippen molar-refractivity contribution >= 4 is 0 Å². The number of hydrogen-bond acceptors (Lipinski definition) is 2. The fourth-order valence-corrected chi connectivity index (χ4v) is 5.25. The largest absolute Gasteiger partial charge is 0.373 e. The second kappa shape index (κ2) is 27.9. The number of unbranched alkanes of at least 4 members (excludes halogenated alkanes) is 24. The smallest absolute Gasteiger partial charge is 0.0810 e. The third kappa shape index (κ3) is 28.5. The van der Waals surface area contributed by atoms with Crippen molar-refractivity contribution in [1.29, 1.82) is 0 Å². The van der Waals surface area contributed by atoms with Crippen molar-refractivity contribution in [3.8, 4) is 0 Å². The van der Waals surface area contributed by atoms with Gasteiger partial charge in [-0.05, 0) is 12.8 Å². The Morgan fingerprint density at radius 3 is 0.722 bits per heavy atom. The molecule has 2 heteroatoms. The predicted molar refractivity (Wildman–Crippen MR) is 160 cm³/mol. The molecule has 36 heavy (non-hydrogen) atoms. The summed E-state index contributed by atoms with van der Waals surface area (Å²) >= 11 is 0. The molecule has 0 aromatic carbocycles. The molecule has 2 fully saturated rings. The number of hydrogen-bond donors (Lipinski definition) is 0. The molecular weight excluding hydrogens is 440 g/mol. The molecule has 2 nitrogen and oxygen atoms in total. The van der Waals surface area contributed by atoms with Gasteiger partial charge in [-0.2, -0.15) is 0 Å². The topological polar surface area (TPSA) is 25.1 Å². The summed E-state index contributed by atoms with van der Waals surface area (Å²) in [6.07, 6.45) is 41.6. The summed E-state index contributed by atoms with van der Waals surface area (Å²) in [6, 6.07) is 0. The third-order valence-corrected chi connectivity index (χ3v) is 8.06. The van der Waals surface area contributed by atoms with Gasteiger partial charge in [-0.15, -0.1) is 0 Å². The molecule has 0 aromatic heterocycles. The Balaban J connectivity index is 0.000000362. The summed E-state index contributed by atoms with van der Waals surface area (Å²) in [5.41, 5.74) is 0. The molecule has 0 saturated carbocycles. The van der Waals surface area contributed by atoms with Crippen LogP contribution in [0, 0.1) is 0 Å². The van der Waals surface area contributed by atoms with Crippen LogP contribution < -0.4 is 0 Å². The first-order valence-electron chi connectivity index (χ1n) is 17.1. The van der Waals surface area contributed by atoms with Crippen LogP contribution in [0.5, 0.6) is 0 Å². The van der Waals surface area contributed by atoms with Crippen LogP contribution in [0.4, 0.5) is 0 Å². The molecule has 2 aliphatic rings. The van der Waals surface area contributed by atoms with Crippen molar-refractivity contribution in [2.24, 2.45) is 0 Å². The second-order valence-corrected chi connectivity index (χ2v) is 12.0. The molecule has 2 atom stereocenters. The highest BCUT2D eigenvalue weighted by Gasteiger charge is 2.21. The third-order valence-electron chi connectivity index (χ3n) is 8.06. The van der Waals surface area contributed by atoms with Gasteiger partial charge in [0.25, 0.3) is 0 Å². The molecule has 0 radical (unpaired) electrons. The Morgan fingerprint density at radius 2 is 0.528 bits per heavy atom. The van der Waals surface area contributed by atoms with Gasteiger partial charge in [-0.3, -0.25) is 0 Å². The zero-order chi connectivity index (χ0) is 25.8. The van der Waals surface area contributed by atoms with Crippen molar-refractivity contribution in [2.75, 3.05) is 13.2 Å². The van der Waals surface area contributed by atoms with Crippen molar-refractivity contribution in [1.82, 2.24) is 0 Å². The van der Waals surface area contributed by atoms with Crippen LogP contribution in [0.25, 0.3) is 0 Å². The molecule has 0 spiro atoms. The first-order valence-corrected chi connectivity index (χ1v) is 17.1. The Bertz CT molecular complexity index is 402. The fourth-order valence-electron chi connectivity index (χ4n) is 5.25.